The standard InChI is InChI=1S/C13H22F2N2O2/c14-12(15)6-16-10-5-9(13(18)19)7-17(8-10)11-3-1-2-4-11/h9-12,16H,1-8H2,(H,18,19). The molecule has 1 saturated carbocycles. The molecule has 110 valence electrons. The van der Waals surface area contributed by atoms with Gasteiger partial charge in [0.1, 0.15) is 0 Å². The van der Waals surface area contributed by atoms with Crippen molar-refractivity contribution in [1.82, 2.24) is 10.2 Å². The second kappa shape index (κ2) is 6.61. The summed E-state index contributed by atoms with van der Waals surface area (Å²) >= 11 is 0. The van der Waals surface area contributed by atoms with E-state index in [9.17, 15) is 18.7 Å². The lowest BCUT2D eigenvalue weighted by Gasteiger charge is -2.40. The number of hydrogen-bond donors (Lipinski definition) is 2. The molecule has 0 aromatic rings. The molecule has 0 aromatic heterocycles. The normalized spacial score (nSPS) is 30.1. The van der Waals surface area contributed by atoms with E-state index in [1.807, 2.05) is 0 Å². The van der Waals surface area contributed by atoms with Crippen molar-refractivity contribution in [3.63, 3.8) is 0 Å². The number of carboxylic acids is 1. The zero-order valence-electron chi connectivity index (χ0n) is 11.0. The Kier molecular flexibility index (Phi) is 5.10. The first-order valence-corrected chi connectivity index (χ1v) is 7.04. The lowest BCUT2D eigenvalue weighted by atomic mass is 9.92. The van der Waals surface area contributed by atoms with Crippen LogP contribution >= 0.6 is 0 Å². The van der Waals surface area contributed by atoms with Crippen LogP contribution in [0, 0.1) is 5.92 Å². The van der Waals surface area contributed by atoms with Crippen molar-refractivity contribution >= 4 is 5.97 Å². The Morgan fingerprint density at radius 3 is 2.58 bits per heavy atom. The number of rotatable bonds is 5. The summed E-state index contributed by atoms with van der Waals surface area (Å²) in [6, 6.07) is 0.308. The molecule has 0 radical (unpaired) electrons. The lowest BCUT2D eigenvalue weighted by molar-refractivity contribution is -0.144. The molecule has 1 heterocycles. The quantitative estimate of drug-likeness (QED) is 0.800. The zero-order valence-corrected chi connectivity index (χ0v) is 11.0. The average molecular weight is 276 g/mol. The molecule has 1 saturated heterocycles. The molecule has 2 atom stereocenters. The molecule has 0 aromatic carbocycles. The van der Waals surface area contributed by atoms with Crippen LogP contribution in [0.15, 0.2) is 0 Å². The van der Waals surface area contributed by atoms with Gasteiger partial charge in [0, 0.05) is 25.2 Å². The summed E-state index contributed by atoms with van der Waals surface area (Å²) < 4.78 is 24.5. The van der Waals surface area contributed by atoms with Crippen molar-refractivity contribution in [2.24, 2.45) is 5.92 Å². The highest BCUT2D eigenvalue weighted by atomic mass is 19.3. The summed E-state index contributed by atoms with van der Waals surface area (Å²) in [4.78, 5) is 13.4. The van der Waals surface area contributed by atoms with Gasteiger partial charge in [-0.2, -0.15) is 0 Å². The van der Waals surface area contributed by atoms with Crippen molar-refractivity contribution < 1.29 is 18.7 Å². The van der Waals surface area contributed by atoms with Gasteiger partial charge in [-0.05, 0) is 19.3 Å². The summed E-state index contributed by atoms with van der Waals surface area (Å²) in [5.74, 6) is -1.25. The smallest absolute Gasteiger partial charge is 0.307 e. The second-order valence-electron chi connectivity index (χ2n) is 5.66. The van der Waals surface area contributed by atoms with Crippen LogP contribution in [-0.4, -0.2) is 54.1 Å². The van der Waals surface area contributed by atoms with Gasteiger partial charge in [0.25, 0.3) is 6.43 Å². The van der Waals surface area contributed by atoms with E-state index < -0.39 is 18.3 Å². The molecular formula is C13H22F2N2O2. The third-order valence-electron chi connectivity index (χ3n) is 4.23. The van der Waals surface area contributed by atoms with Gasteiger partial charge in [-0.3, -0.25) is 9.69 Å². The Hall–Kier alpha value is -0.750. The maximum absolute atomic E-state index is 12.3. The van der Waals surface area contributed by atoms with Gasteiger partial charge in [0.2, 0.25) is 0 Å². The Bertz CT molecular complexity index is 309. The van der Waals surface area contributed by atoms with Crippen LogP contribution in [0.5, 0.6) is 0 Å². The number of alkyl halides is 2. The van der Waals surface area contributed by atoms with Crippen molar-refractivity contribution in [3.8, 4) is 0 Å². The molecule has 19 heavy (non-hydrogen) atoms. The Morgan fingerprint density at radius 2 is 2.00 bits per heavy atom. The first-order chi connectivity index (χ1) is 9.06. The van der Waals surface area contributed by atoms with Crippen LogP contribution in [0.3, 0.4) is 0 Å². The Morgan fingerprint density at radius 1 is 1.32 bits per heavy atom. The number of halogens is 2. The van der Waals surface area contributed by atoms with E-state index in [4.69, 9.17) is 0 Å². The van der Waals surface area contributed by atoms with Crippen LogP contribution in [0.2, 0.25) is 0 Å². The first kappa shape index (κ1) is 14.7. The molecule has 0 bridgehead atoms. The van der Waals surface area contributed by atoms with Crippen molar-refractivity contribution in [1.29, 1.82) is 0 Å². The fourth-order valence-corrected chi connectivity index (χ4v) is 3.28. The van der Waals surface area contributed by atoms with Gasteiger partial charge in [-0.15, -0.1) is 0 Å². The highest BCUT2D eigenvalue weighted by Crippen LogP contribution is 2.28. The van der Waals surface area contributed by atoms with E-state index >= 15 is 0 Å². The topological polar surface area (TPSA) is 52.6 Å². The second-order valence-corrected chi connectivity index (χ2v) is 5.66. The number of likely N-dealkylation sites (tertiary alicyclic amines) is 1. The van der Waals surface area contributed by atoms with Crippen molar-refractivity contribution in [2.75, 3.05) is 19.6 Å². The molecule has 0 amide bonds. The van der Waals surface area contributed by atoms with Crippen LogP contribution in [0.4, 0.5) is 8.78 Å². The number of nitrogens with one attached hydrogen (secondary N) is 1. The van der Waals surface area contributed by atoms with Gasteiger partial charge >= 0.3 is 5.97 Å². The number of carboxylic acid groups (broad SMARTS) is 1. The number of aliphatic carboxylic acids is 1. The fraction of sp³-hybridized carbons (Fsp3) is 0.923. The van der Waals surface area contributed by atoms with E-state index in [1.54, 1.807) is 0 Å². The van der Waals surface area contributed by atoms with E-state index in [-0.39, 0.29) is 12.6 Å². The SMILES string of the molecule is O=C(O)C1CC(NCC(F)F)CN(C2CCCC2)C1. The van der Waals surface area contributed by atoms with Crippen molar-refractivity contribution in [2.45, 2.75) is 50.6 Å². The molecule has 2 rings (SSSR count). The predicted molar refractivity (Wildman–Crippen MR) is 67.4 cm³/mol. The number of nitrogens with zero attached hydrogens (tertiary/aromatic N) is 1. The molecule has 2 unspecified atom stereocenters. The highest BCUT2D eigenvalue weighted by Gasteiger charge is 2.35. The van der Waals surface area contributed by atoms with Crippen LogP contribution in [-0.2, 0) is 4.79 Å². The number of hydrogen-bond acceptors (Lipinski definition) is 3. The van der Waals surface area contributed by atoms with E-state index in [0.717, 1.165) is 12.8 Å². The largest absolute Gasteiger partial charge is 0.481 e. The molecule has 2 N–H and O–H groups in total. The molecule has 4 nitrogen and oxygen atoms in total. The molecule has 0 spiro atoms. The Labute approximate surface area is 112 Å². The predicted octanol–water partition coefficient (Wildman–Crippen LogP) is 1.56. The summed E-state index contributed by atoms with van der Waals surface area (Å²) in [6.07, 6.45) is 2.65. The minimum Gasteiger partial charge on any atom is -0.481 e. The molecule has 1 aliphatic heterocycles. The number of carbonyl (C=O) groups is 1. The van der Waals surface area contributed by atoms with Gasteiger partial charge in [0.15, 0.2) is 0 Å². The summed E-state index contributed by atoms with van der Waals surface area (Å²) in [5.41, 5.74) is 0. The first-order valence-electron chi connectivity index (χ1n) is 7.04. The third-order valence-corrected chi connectivity index (χ3v) is 4.23. The van der Waals surface area contributed by atoms with E-state index in [0.29, 0.717) is 25.6 Å². The van der Waals surface area contributed by atoms with Gasteiger partial charge in [-0.25, -0.2) is 8.78 Å². The summed E-state index contributed by atoms with van der Waals surface area (Å²) in [6.45, 7) is 0.906. The third kappa shape index (κ3) is 4.11. The molecular weight excluding hydrogens is 254 g/mol. The molecule has 6 heteroatoms. The number of piperidine rings is 1. The van der Waals surface area contributed by atoms with Crippen LogP contribution < -0.4 is 5.32 Å². The highest BCUT2D eigenvalue weighted by molar-refractivity contribution is 5.70. The van der Waals surface area contributed by atoms with E-state index in [1.165, 1.54) is 12.8 Å². The monoisotopic (exact) mass is 276 g/mol. The van der Waals surface area contributed by atoms with Gasteiger partial charge < -0.3 is 10.4 Å². The lowest BCUT2D eigenvalue weighted by Crippen LogP contribution is -2.54. The van der Waals surface area contributed by atoms with Gasteiger partial charge in [-0.1, -0.05) is 12.8 Å². The zero-order chi connectivity index (χ0) is 13.8. The van der Waals surface area contributed by atoms with Gasteiger partial charge in [0.05, 0.1) is 12.5 Å². The maximum atomic E-state index is 12.3. The molecule has 1 aliphatic carbocycles. The fourth-order valence-electron chi connectivity index (χ4n) is 3.28. The van der Waals surface area contributed by atoms with Crippen LogP contribution in [0.1, 0.15) is 32.1 Å². The minimum atomic E-state index is -2.38. The van der Waals surface area contributed by atoms with E-state index in [2.05, 4.69) is 10.2 Å². The Balaban J connectivity index is 1.93. The average Bonchev–Trinajstić information content (AvgIpc) is 2.89. The van der Waals surface area contributed by atoms with Crippen molar-refractivity contribution in [3.05, 3.63) is 0 Å². The maximum Gasteiger partial charge on any atom is 0.307 e. The van der Waals surface area contributed by atoms with Crippen LogP contribution in [0.25, 0.3) is 0 Å². The minimum absolute atomic E-state index is 0.135. The summed E-state index contributed by atoms with van der Waals surface area (Å²) in [5, 5.41) is 12.0. The molecule has 2 aliphatic rings. The molecule has 2 fully saturated rings. The summed E-state index contributed by atoms with van der Waals surface area (Å²) in [7, 11) is 0.